The maximum atomic E-state index is 13.5. The molecule has 1 fully saturated rings. The molecule has 32 heavy (non-hydrogen) atoms. The molecule has 4 aromatic rings. The van der Waals surface area contributed by atoms with Crippen molar-refractivity contribution in [2.24, 2.45) is 0 Å². The Morgan fingerprint density at radius 1 is 1.16 bits per heavy atom. The van der Waals surface area contributed by atoms with E-state index >= 15 is 0 Å². The first-order valence-corrected chi connectivity index (χ1v) is 11.3. The van der Waals surface area contributed by atoms with Crippen LogP contribution in [0.5, 0.6) is 0 Å². The third-order valence-electron chi connectivity index (χ3n) is 6.41. The van der Waals surface area contributed by atoms with Crippen LogP contribution in [-0.4, -0.2) is 70.0 Å². The minimum Gasteiger partial charge on any atom is -0.373 e. The van der Waals surface area contributed by atoms with E-state index in [2.05, 4.69) is 57.9 Å². The number of H-pyrrole nitrogens is 2. The third-order valence-corrected chi connectivity index (χ3v) is 6.41. The standard InChI is InChI=1S/C24H29FN6O/c1-4-30(5-2)12-18-13-31(15(3)14-32-18)17-7-9-20-22(11-17)27-24(26-20)23-19-8-6-16(25)10-21(19)28-29-23/h6-11,15,18H,4-5,12-14H2,1-3H3,(H,26,27)(H,28,29)/t15-,18+/m0/s1. The van der Waals surface area contributed by atoms with Gasteiger partial charge >= 0.3 is 0 Å². The summed E-state index contributed by atoms with van der Waals surface area (Å²) in [5, 5.41) is 8.10. The summed E-state index contributed by atoms with van der Waals surface area (Å²) in [5.41, 5.74) is 4.33. The van der Waals surface area contributed by atoms with Gasteiger partial charge in [0.1, 0.15) is 11.5 Å². The van der Waals surface area contributed by atoms with Crippen molar-refractivity contribution in [2.45, 2.75) is 32.9 Å². The van der Waals surface area contributed by atoms with Gasteiger partial charge in [0.25, 0.3) is 0 Å². The molecule has 2 aromatic carbocycles. The van der Waals surface area contributed by atoms with Crippen LogP contribution in [0.15, 0.2) is 36.4 Å². The number of hydrogen-bond acceptors (Lipinski definition) is 5. The Kier molecular flexibility index (Phi) is 5.57. The van der Waals surface area contributed by atoms with Crippen LogP contribution < -0.4 is 4.90 Å². The third kappa shape index (κ3) is 3.84. The van der Waals surface area contributed by atoms with Crippen molar-refractivity contribution in [1.29, 1.82) is 0 Å². The number of fused-ring (bicyclic) bond motifs is 2. The summed E-state index contributed by atoms with van der Waals surface area (Å²) >= 11 is 0. The first kappa shape index (κ1) is 20.9. The number of imidazole rings is 1. The highest BCUT2D eigenvalue weighted by molar-refractivity contribution is 5.93. The Morgan fingerprint density at radius 3 is 2.81 bits per heavy atom. The smallest absolute Gasteiger partial charge is 0.159 e. The summed E-state index contributed by atoms with van der Waals surface area (Å²) < 4.78 is 19.6. The highest BCUT2D eigenvalue weighted by atomic mass is 19.1. The molecule has 2 N–H and O–H groups in total. The summed E-state index contributed by atoms with van der Waals surface area (Å²) in [6.45, 7) is 11.2. The normalized spacial score (nSPS) is 19.5. The zero-order valence-corrected chi connectivity index (χ0v) is 18.7. The number of nitrogens with zero attached hydrogens (tertiary/aromatic N) is 4. The molecular weight excluding hydrogens is 407 g/mol. The Balaban J connectivity index is 1.43. The highest BCUT2D eigenvalue weighted by Crippen LogP contribution is 2.29. The number of likely N-dealkylation sites (N-methyl/N-ethyl adjacent to an activating group) is 1. The SMILES string of the molecule is CCN(CC)C[C@@H]1CN(c2ccc3nc(-c4n[nH]c5cc(F)ccc45)[nH]c3c2)[C@@H](C)CO1. The average molecular weight is 437 g/mol. The van der Waals surface area contributed by atoms with E-state index in [1.165, 1.54) is 12.1 Å². The first-order chi connectivity index (χ1) is 15.6. The van der Waals surface area contributed by atoms with Gasteiger partial charge in [-0.15, -0.1) is 0 Å². The number of morpholine rings is 1. The topological polar surface area (TPSA) is 73.1 Å². The molecule has 2 aromatic heterocycles. The fourth-order valence-electron chi connectivity index (χ4n) is 4.52. The van der Waals surface area contributed by atoms with Gasteiger partial charge in [-0.25, -0.2) is 9.37 Å². The van der Waals surface area contributed by atoms with E-state index in [0.717, 1.165) is 48.3 Å². The Morgan fingerprint density at radius 2 is 2.00 bits per heavy atom. The number of hydrogen-bond donors (Lipinski definition) is 2. The van der Waals surface area contributed by atoms with Crippen LogP contribution in [0.2, 0.25) is 0 Å². The molecule has 0 amide bonds. The summed E-state index contributed by atoms with van der Waals surface area (Å²) in [4.78, 5) is 13.0. The van der Waals surface area contributed by atoms with Crippen molar-refractivity contribution < 1.29 is 9.13 Å². The summed E-state index contributed by atoms with van der Waals surface area (Å²) in [6, 6.07) is 11.2. The van der Waals surface area contributed by atoms with Crippen LogP contribution >= 0.6 is 0 Å². The lowest BCUT2D eigenvalue weighted by Gasteiger charge is -2.41. The molecule has 1 aliphatic heterocycles. The second-order valence-corrected chi connectivity index (χ2v) is 8.49. The second-order valence-electron chi connectivity index (χ2n) is 8.49. The van der Waals surface area contributed by atoms with Crippen LogP contribution in [0.4, 0.5) is 10.1 Å². The van der Waals surface area contributed by atoms with E-state index in [0.29, 0.717) is 29.7 Å². The van der Waals surface area contributed by atoms with Crippen LogP contribution in [0.3, 0.4) is 0 Å². The molecule has 1 aliphatic rings. The maximum Gasteiger partial charge on any atom is 0.159 e. The van der Waals surface area contributed by atoms with Crippen LogP contribution in [0.1, 0.15) is 20.8 Å². The van der Waals surface area contributed by atoms with E-state index in [9.17, 15) is 4.39 Å². The molecule has 0 unspecified atom stereocenters. The van der Waals surface area contributed by atoms with Crippen molar-refractivity contribution in [3.8, 4) is 11.5 Å². The number of benzene rings is 2. The predicted octanol–water partition coefficient (Wildman–Crippen LogP) is 4.18. The quantitative estimate of drug-likeness (QED) is 0.474. The van der Waals surface area contributed by atoms with Gasteiger partial charge in [-0.05, 0) is 56.4 Å². The number of nitrogens with one attached hydrogen (secondary N) is 2. The van der Waals surface area contributed by atoms with Gasteiger partial charge < -0.3 is 19.5 Å². The lowest BCUT2D eigenvalue weighted by molar-refractivity contribution is 0.00265. The number of halogens is 1. The van der Waals surface area contributed by atoms with Gasteiger partial charge in [0, 0.05) is 30.2 Å². The molecule has 3 heterocycles. The zero-order chi connectivity index (χ0) is 22.2. The van der Waals surface area contributed by atoms with Gasteiger partial charge in [-0.2, -0.15) is 5.10 Å². The maximum absolute atomic E-state index is 13.5. The van der Waals surface area contributed by atoms with Crippen LogP contribution in [0.25, 0.3) is 33.5 Å². The highest BCUT2D eigenvalue weighted by Gasteiger charge is 2.27. The van der Waals surface area contributed by atoms with Crippen LogP contribution in [0, 0.1) is 5.82 Å². The van der Waals surface area contributed by atoms with Gasteiger partial charge in [0.2, 0.25) is 0 Å². The summed E-state index contributed by atoms with van der Waals surface area (Å²) in [7, 11) is 0. The minimum atomic E-state index is -0.291. The lowest BCUT2D eigenvalue weighted by atomic mass is 10.1. The second kappa shape index (κ2) is 8.52. The van der Waals surface area contributed by atoms with Gasteiger partial charge in [-0.1, -0.05) is 13.8 Å². The molecule has 2 atom stereocenters. The molecular formula is C24H29FN6O. The van der Waals surface area contributed by atoms with E-state index < -0.39 is 0 Å². The van der Waals surface area contributed by atoms with Gasteiger partial charge in [-0.3, -0.25) is 5.10 Å². The molecule has 5 rings (SSSR count). The van der Waals surface area contributed by atoms with E-state index in [4.69, 9.17) is 9.72 Å². The molecule has 0 aliphatic carbocycles. The Labute approximate surface area is 186 Å². The number of aromatic amines is 2. The lowest BCUT2D eigenvalue weighted by Crippen LogP contribution is -2.52. The molecule has 0 saturated carbocycles. The zero-order valence-electron chi connectivity index (χ0n) is 18.7. The van der Waals surface area contributed by atoms with Gasteiger partial charge in [0.05, 0.1) is 29.3 Å². The molecule has 0 radical (unpaired) electrons. The van der Waals surface area contributed by atoms with Crippen molar-refractivity contribution in [3.63, 3.8) is 0 Å². The molecule has 0 spiro atoms. The Hall–Kier alpha value is -2.97. The minimum absolute atomic E-state index is 0.190. The summed E-state index contributed by atoms with van der Waals surface area (Å²) in [5.74, 6) is 0.380. The number of anilines is 1. The molecule has 7 nitrogen and oxygen atoms in total. The van der Waals surface area contributed by atoms with Crippen molar-refractivity contribution in [1.82, 2.24) is 25.1 Å². The predicted molar refractivity (Wildman–Crippen MR) is 125 cm³/mol. The number of rotatable bonds is 6. The molecule has 8 heteroatoms. The molecule has 0 bridgehead atoms. The van der Waals surface area contributed by atoms with Crippen LogP contribution in [-0.2, 0) is 4.74 Å². The molecule has 168 valence electrons. The van der Waals surface area contributed by atoms with Crippen molar-refractivity contribution in [3.05, 3.63) is 42.2 Å². The van der Waals surface area contributed by atoms with Crippen molar-refractivity contribution >= 4 is 27.6 Å². The van der Waals surface area contributed by atoms with E-state index in [1.54, 1.807) is 6.07 Å². The average Bonchev–Trinajstić information content (AvgIpc) is 3.41. The largest absolute Gasteiger partial charge is 0.373 e. The fraction of sp³-hybridized carbons (Fsp3) is 0.417. The number of aromatic nitrogens is 4. The van der Waals surface area contributed by atoms with Gasteiger partial charge in [0.15, 0.2) is 5.82 Å². The fourth-order valence-corrected chi connectivity index (χ4v) is 4.52. The monoisotopic (exact) mass is 436 g/mol. The van der Waals surface area contributed by atoms with Crippen molar-refractivity contribution in [2.75, 3.05) is 37.7 Å². The van der Waals surface area contributed by atoms with E-state index in [-0.39, 0.29) is 11.9 Å². The van der Waals surface area contributed by atoms with E-state index in [1.807, 2.05) is 6.07 Å². The summed E-state index contributed by atoms with van der Waals surface area (Å²) in [6.07, 6.45) is 0.190. The Bertz CT molecular complexity index is 1230. The first-order valence-electron chi connectivity index (χ1n) is 11.3. The molecule has 1 saturated heterocycles. The number of ether oxygens (including phenoxy) is 1.